The van der Waals surface area contributed by atoms with Crippen molar-refractivity contribution in [2.75, 3.05) is 32.7 Å². The SMILES string of the molecule is CC[NH+]1CCN(C(=O)[C@@H](C)Sc2ncnc3sc4c(c23)CCC4)CC1. The van der Waals surface area contributed by atoms with E-state index in [2.05, 4.69) is 16.9 Å². The van der Waals surface area contributed by atoms with Gasteiger partial charge in [0.25, 0.3) is 0 Å². The number of nitrogens with zero attached hydrogens (tertiary/aromatic N) is 3. The number of fused-ring (bicyclic) bond motifs is 3. The molecule has 5 nitrogen and oxygen atoms in total. The second-order valence-corrected chi connectivity index (χ2v) is 9.32. The summed E-state index contributed by atoms with van der Waals surface area (Å²) in [5.41, 5.74) is 1.43. The summed E-state index contributed by atoms with van der Waals surface area (Å²) in [6, 6.07) is 0. The third-order valence-corrected chi connectivity index (χ3v) is 7.67. The van der Waals surface area contributed by atoms with Gasteiger partial charge in [-0.25, -0.2) is 9.97 Å². The molecule has 25 heavy (non-hydrogen) atoms. The molecular formula is C18H25N4OS2+. The molecule has 1 atom stereocenters. The lowest BCUT2D eigenvalue weighted by atomic mass is 10.2. The zero-order valence-electron chi connectivity index (χ0n) is 14.9. The molecule has 134 valence electrons. The summed E-state index contributed by atoms with van der Waals surface area (Å²) in [4.78, 5) is 28.0. The fourth-order valence-electron chi connectivity index (χ4n) is 3.86. The van der Waals surface area contributed by atoms with Gasteiger partial charge in [0.2, 0.25) is 5.91 Å². The number of likely N-dealkylation sites (N-methyl/N-ethyl adjacent to an activating group) is 1. The predicted molar refractivity (Wildman–Crippen MR) is 103 cm³/mol. The predicted octanol–water partition coefficient (Wildman–Crippen LogP) is 1.41. The van der Waals surface area contributed by atoms with Gasteiger partial charge < -0.3 is 9.80 Å². The maximum absolute atomic E-state index is 12.9. The van der Waals surface area contributed by atoms with E-state index in [0.29, 0.717) is 0 Å². The van der Waals surface area contributed by atoms with Gasteiger partial charge in [0, 0.05) is 10.3 Å². The summed E-state index contributed by atoms with van der Waals surface area (Å²) in [5, 5.41) is 2.10. The van der Waals surface area contributed by atoms with Gasteiger partial charge in [-0.2, -0.15) is 0 Å². The number of nitrogens with one attached hydrogen (secondary N) is 1. The maximum Gasteiger partial charge on any atom is 0.236 e. The Morgan fingerprint density at radius 3 is 2.92 bits per heavy atom. The molecule has 4 rings (SSSR count). The van der Waals surface area contributed by atoms with Crippen LogP contribution in [0.2, 0.25) is 0 Å². The molecule has 2 aromatic heterocycles. The van der Waals surface area contributed by atoms with Gasteiger partial charge in [0.1, 0.15) is 16.2 Å². The van der Waals surface area contributed by atoms with Crippen molar-refractivity contribution >= 4 is 39.2 Å². The van der Waals surface area contributed by atoms with E-state index >= 15 is 0 Å². The van der Waals surface area contributed by atoms with Crippen LogP contribution in [0.3, 0.4) is 0 Å². The van der Waals surface area contributed by atoms with Crippen molar-refractivity contribution in [3.63, 3.8) is 0 Å². The second kappa shape index (κ2) is 7.21. The number of carbonyl (C=O) groups excluding carboxylic acids is 1. The van der Waals surface area contributed by atoms with E-state index in [4.69, 9.17) is 0 Å². The Labute approximate surface area is 156 Å². The zero-order valence-corrected chi connectivity index (χ0v) is 16.5. The van der Waals surface area contributed by atoms with Crippen LogP contribution in [0.5, 0.6) is 0 Å². The Morgan fingerprint density at radius 1 is 1.36 bits per heavy atom. The summed E-state index contributed by atoms with van der Waals surface area (Å²) in [7, 11) is 0. The Hall–Kier alpha value is -1.18. The summed E-state index contributed by atoms with van der Waals surface area (Å²) >= 11 is 3.41. The number of hydrogen-bond acceptors (Lipinski definition) is 5. The second-order valence-electron chi connectivity index (χ2n) is 6.91. The minimum absolute atomic E-state index is 0.0989. The molecule has 7 heteroatoms. The van der Waals surface area contributed by atoms with Crippen LogP contribution in [0.1, 0.15) is 30.7 Å². The first kappa shape index (κ1) is 17.2. The fraction of sp³-hybridized carbons (Fsp3) is 0.611. The lowest BCUT2D eigenvalue weighted by molar-refractivity contribution is -0.902. The lowest BCUT2D eigenvalue weighted by Gasteiger charge is -2.33. The van der Waals surface area contributed by atoms with Crippen LogP contribution < -0.4 is 4.90 Å². The fourth-order valence-corrected chi connectivity index (χ4v) is 6.18. The van der Waals surface area contributed by atoms with Gasteiger partial charge in [0.05, 0.1) is 38.0 Å². The van der Waals surface area contributed by atoms with E-state index < -0.39 is 0 Å². The summed E-state index contributed by atoms with van der Waals surface area (Å²) in [6.45, 7) is 9.26. The number of quaternary nitrogens is 1. The highest BCUT2D eigenvalue weighted by Gasteiger charge is 2.28. The van der Waals surface area contributed by atoms with E-state index in [1.807, 2.05) is 11.8 Å². The van der Waals surface area contributed by atoms with Gasteiger partial charge in [-0.1, -0.05) is 11.8 Å². The first-order valence-electron chi connectivity index (χ1n) is 9.21. The van der Waals surface area contributed by atoms with Crippen LogP contribution >= 0.6 is 23.1 Å². The number of thiophene rings is 1. The highest BCUT2D eigenvalue weighted by molar-refractivity contribution is 8.00. The highest BCUT2D eigenvalue weighted by Crippen LogP contribution is 2.40. The Morgan fingerprint density at radius 2 is 2.16 bits per heavy atom. The molecule has 1 aliphatic carbocycles. The van der Waals surface area contributed by atoms with Gasteiger partial charge in [-0.05, 0) is 38.7 Å². The molecule has 3 heterocycles. The molecule has 0 aromatic carbocycles. The van der Waals surface area contributed by atoms with Gasteiger partial charge in [-0.3, -0.25) is 4.79 Å². The number of piperazine rings is 1. The minimum atomic E-state index is -0.0989. The van der Waals surface area contributed by atoms with Crippen LogP contribution in [-0.2, 0) is 17.6 Å². The lowest BCUT2D eigenvalue weighted by Crippen LogP contribution is -3.14. The molecule has 0 bridgehead atoms. The average molecular weight is 378 g/mol. The molecule has 2 aliphatic rings. The molecule has 0 saturated carbocycles. The van der Waals surface area contributed by atoms with Crippen LogP contribution in [0, 0.1) is 0 Å². The van der Waals surface area contributed by atoms with E-state index in [0.717, 1.165) is 49.0 Å². The third kappa shape index (κ3) is 3.29. The van der Waals surface area contributed by atoms with E-state index in [9.17, 15) is 4.79 Å². The van der Waals surface area contributed by atoms with Crippen molar-refractivity contribution < 1.29 is 9.69 Å². The molecule has 0 spiro atoms. The standard InChI is InChI=1S/C18H24N4OS2/c1-3-21-7-9-22(10-8-21)18(23)12(2)24-16-15-13-5-4-6-14(13)25-17(15)20-11-19-16/h11-12H,3-10H2,1-2H3/p+1/t12-/m1/s1. The third-order valence-electron chi connectivity index (χ3n) is 5.38. The van der Waals surface area contributed by atoms with Crippen molar-refractivity contribution in [3.8, 4) is 0 Å². The number of aryl methyl sites for hydroxylation is 2. The molecule has 1 fully saturated rings. The number of hydrogen-bond donors (Lipinski definition) is 1. The van der Waals surface area contributed by atoms with Gasteiger partial charge in [0.15, 0.2) is 0 Å². The topological polar surface area (TPSA) is 50.5 Å². The Bertz CT molecular complexity index is 783. The number of aromatic nitrogens is 2. The van der Waals surface area contributed by atoms with Crippen LogP contribution in [-0.4, -0.2) is 58.7 Å². The Kier molecular flexibility index (Phi) is 4.97. The van der Waals surface area contributed by atoms with E-state index in [-0.39, 0.29) is 11.2 Å². The van der Waals surface area contributed by atoms with E-state index in [1.165, 1.54) is 28.7 Å². The smallest absolute Gasteiger partial charge is 0.236 e. The van der Waals surface area contributed by atoms with Crippen LogP contribution in [0.15, 0.2) is 11.4 Å². The van der Waals surface area contributed by atoms with Crippen molar-refractivity contribution in [1.82, 2.24) is 14.9 Å². The quantitative estimate of drug-likeness (QED) is 0.647. The van der Waals surface area contributed by atoms with Crippen molar-refractivity contribution in [1.29, 1.82) is 0 Å². The summed E-state index contributed by atoms with van der Waals surface area (Å²) in [5.74, 6) is 0.249. The summed E-state index contributed by atoms with van der Waals surface area (Å²) in [6.07, 6.45) is 5.17. The molecular weight excluding hydrogens is 352 g/mol. The molecule has 1 amide bonds. The van der Waals surface area contributed by atoms with Crippen molar-refractivity contribution in [3.05, 3.63) is 16.8 Å². The molecule has 1 saturated heterocycles. The van der Waals surface area contributed by atoms with Gasteiger partial charge in [-0.15, -0.1) is 11.3 Å². The van der Waals surface area contributed by atoms with Crippen molar-refractivity contribution in [2.45, 2.75) is 43.4 Å². The maximum atomic E-state index is 12.9. The number of carbonyl (C=O) groups is 1. The number of amides is 1. The first-order valence-corrected chi connectivity index (χ1v) is 10.9. The zero-order chi connectivity index (χ0) is 17.4. The molecule has 0 unspecified atom stereocenters. The van der Waals surface area contributed by atoms with E-state index in [1.54, 1.807) is 34.3 Å². The molecule has 1 N–H and O–H groups in total. The summed E-state index contributed by atoms with van der Waals surface area (Å²) < 4.78 is 0. The first-order chi connectivity index (χ1) is 12.2. The minimum Gasteiger partial charge on any atom is -0.332 e. The van der Waals surface area contributed by atoms with Crippen LogP contribution in [0.4, 0.5) is 0 Å². The van der Waals surface area contributed by atoms with Crippen LogP contribution in [0.25, 0.3) is 10.2 Å². The largest absolute Gasteiger partial charge is 0.332 e. The highest BCUT2D eigenvalue weighted by atomic mass is 32.2. The Balaban J connectivity index is 1.50. The average Bonchev–Trinajstić information content (AvgIpc) is 3.22. The van der Waals surface area contributed by atoms with Gasteiger partial charge >= 0.3 is 0 Å². The van der Waals surface area contributed by atoms with Crippen molar-refractivity contribution in [2.24, 2.45) is 0 Å². The molecule has 1 aliphatic heterocycles. The monoisotopic (exact) mass is 377 g/mol. The normalized spacial score (nSPS) is 19.4. The molecule has 0 radical (unpaired) electrons. The molecule has 2 aromatic rings. The number of rotatable bonds is 4. The number of thioether (sulfide) groups is 1.